The molecule has 0 aliphatic rings. The summed E-state index contributed by atoms with van der Waals surface area (Å²) in [5.74, 6) is 0.453. The largest absolute Gasteiger partial charge is 0.333 e. The lowest BCUT2D eigenvalue weighted by atomic mass is 10.4. The molecule has 2 aromatic heterocycles. The van der Waals surface area contributed by atoms with Crippen LogP contribution < -0.4 is 0 Å². The van der Waals surface area contributed by atoms with E-state index in [0.29, 0.717) is 18.1 Å². The number of carbonyl (C=O) groups excluding carboxylic acids is 1. The van der Waals surface area contributed by atoms with Crippen LogP contribution in [-0.2, 0) is 6.54 Å². The summed E-state index contributed by atoms with van der Waals surface area (Å²) in [7, 11) is 1.67. The average Bonchev–Trinajstić information content (AvgIpc) is 2.88. The van der Waals surface area contributed by atoms with Crippen LogP contribution in [-0.4, -0.2) is 41.8 Å². The monoisotopic (exact) mass is 224 g/mol. The van der Waals surface area contributed by atoms with E-state index in [2.05, 4.69) is 23.9 Å². The second-order valence-corrected chi connectivity index (χ2v) is 3.44. The molecular weight excluding hydrogens is 216 g/mol. The van der Waals surface area contributed by atoms with Crippen molar-refractivity contribution < 1.29 is 4.79 Å². The lowest BCUT2D eigenvalue weighted by molar-refractivity contribution is 0.0777. The lowest BCUT2D eigenvalue weighted by Gasteiger charge is -2.13. The minimum atomic E-state index is -0.180. The van der Waals surface area contributed by atoms with Gasteiger partial charge >= 0.3 is 0 Å². The summed E-state index contributed by atoms with van der Waals surface area (Å²) in [4.78, 5) is 17.1. The van der Waals surface area contributed by atoms with E-state index in [1.807, 2.05) is 0 Å². The standard InChI is InChI=1S/C7H8N6OS/c1-13(3-6-8-4-9-11-6)7(14)5-2-10-15-12-5/h2,4H,3H2,1H3,(H,8,9,11). The first-order valence-electron chi connectivity index (χ1n) is 4.14. The summed E-state index contributed by atoms with van der Waals surface area (Å²) >= 11 is 1.01. The molecule has 0 spiro atoms. The van der Waals surface area contributed by atoms with Gasteiger partial charge in [-0.05, 0) is 0 Å². The molecule has 2 rings (SSSR count). The molecule has 0 bridgehead atoms. The smallest absolute Gasteiger partial charge is 0.275 e. The molecule has 0 unspecified atom stereocenters. The lowest BCUT2D eigenvalue weighted by Crippen LogP contribution is -2.26. The number of hydrogen-bond acceptors (Lipinski definition) is 6. The highest BCUT2D eigenvalue weighted by atomic mass is 32.1. The van der Waals surface area contributed by atoms with Gasteiger partial charge in [0.1, 0.15) is 12.2 Å². The molecule has 2 aromatic rings. The summed E-state index contributed by atoms with van der Waals surface area (Å²) in [5.41, 5.74) is 0.349. The zero-order valence-corrected chi connectivity index (χ0v) is 8.73. The normalized spacial score (nSPS) is 10.2. The van der Waals surface area contributed by atoms with Gasteiger partial charge in [-0.3, -0.25) is 9.89 Å². The van der Waals surface area contributed by atoms with Gasteiger partial charge in [-0.15, -0.1) is 0 Å². The minimum absolute atomic E-state index is 0.180. The van der Waals surface area contributed by atoms with Gasteiger partial charge in [0.25, 0.3) is 5.91 Å². The van der Waals surface area contributed by atoms with E-state index in [0.717, 1.165) is 11.7 Å². The highest BCUT2D eigenvalue weighted by Gasteiger charge is 2.15. The maximum Gasteiger partial charge on any atom is 0.275 e. The predicted molar refractivity (Wildman–Crippen MR) is 52.1 cm³/mol. The first-order chi connectivity index (χ1) is 7.27. The quantitative estimate of drug-likeness (QED) is 0.788. The number of rotatable bonds is 3. The molecule has 8 heteroatoms. The van der Waals surface area contributed by atoms with E-state index in [-0.39, 0.29) is 5.91 Å². The summed E-state index contributed by atoms with van der Waals surface area (Å²) in [5, 5.41) is 6.38. The Labute approximate surface area is 89.5 Å². The summed E-state index contributed by atoms with van der Waals surface area (Å²) in [6, 6.07) is 0. The van der Waals surface area contributed by atoms with Crippen molar-refractivity contribution in [1.29, 1.82) is 0 Å². The van der Waals surface area contributed by atoms with E-state index < -0.39 is 0 Å². The van der Waals surface area contributed by atoms with Crippen LogP contribution in [0.25, 0.3) is 0 Å². The molecule has 1 N–H and O–H groups in total. The van der Waals surface area contributed by atoms with Gasteiger partial charge in [0, 0.05) is 7.05 Å². The van der Waals surface area contributed by atoms with Crippen LogP contribution in [0.2, 0.25) is 0 Å². The fraction of sp³-hybridized carbons (Fsp3) is 0.286. The van der Waals surface area contributed by atoms with Crippen LogP contribution in [0.15, 0.2) is 12.5 Å². The van der Waals surface area contributed by atoms with Gasteiger partial charge in [0.15, 0.2) is 5.69 Å². The van der Waals surface area contributed by atoms with E-state index in [4.69, 9.17) is 0 Å². The van der Waals surface area contributed by atoms with E-state index in [9.17, 15) is 4.79 Å². The molecule has 0 atom stereocenters. The molecule has 2 heterocycles. The third kappa shape index (κ3) is 2.15. The fourth-order valence-electron chi connectivity index (χ4n) is 1.06. The van der Waals surface area contributed by atoms with E-state index >= 15 is 0 Å². The summed E-state index contributed by atoms with van der Waals surface area (Å²) < 4.78 is 7.63. The zero-order chi connectivity index (χ0) is 10.7. The molecule has 0 aliphatic heterocycles. The first kappa shape index (κ1) is 9.71. The van der Waals surface area contributed by atoms with Gasteiger partial charge in [-0.2, -0.15) is 13.8 Å². The van der Waals surface area contributed by atoms with E-state index in [1.54, 1.807) is 7.05 Å². The van der Waals surface area contributed by atoms with Gasteiger partial charge in [0.2, 0.25) is 0 Å². The number of aromatic amines is 1. The predicted octanol–water partition coefficient (Wildman–Crippen LogP) is -0.0716. The first-order valence-corrected chi connectivity index (χ1v) is 4.87. The highest BCUT2D eigenvalue weighted by molar-refractivity contribution is 6.99. The van der Waals surface area contributed by atoms with Crippen molar-refractivity contribution in [2.75, 3.05) is 7.05 Å². The van der Waals surface area contributed by atoms with Crippen LogP contribution in [0.5, 0.6) is 0 Å². The third-order valence-electron chi connectivity index (χ3n) is 1.78. The summed E-state index contributed by atoms with van der Waals surface area (Å²) in [6.45, 7) is 0.371. The van der Waals surface area contributed by atoms with Crippen molar-refractivity contribution in [2.24, 2.45) is 0 Å². The minimum Gasteiger partial charge on any atom is -0.333 e. The Bertz CT molecular complexity index is 424. The molecule has 1 amide bonds. The SMILES string of the molecule is CN(Cc1ncn[nH]1)C(=O)c1cnsn1. The van der Waals surface area contributed by atoms with Crippen molar-refractivity contribution in [3.05, 3.63) is 24.0 Å². The van der Waals surface area contributed by atoms with Crippen molar-refractivity contribution >= 4 is 17.6 Å². The highest BCUT2D eigenvalue weighted by Crippen LogP contribution is 2.03. The van der Waals surface area contributed by atoms with Crippen LogP contribution in [0, 0.1) is 0 Å². The maximum absolute atomic E-state index is 11.7. The van der Waals surface area contributed by atoms with Gasteiger partial charge in [-0.25, -0.2) is 4.98 Å². The molecular formula is C7H8N6OS. The Kier molecular flexibility index (Phi) is 2.68. The fourth-order valence-corrected chi connectivity index (χ4v) is 1.47. The molecule has 0 saturated carbocycles. The molecule has 0 saturated heterocycles. The molecule has 0 radical (unpaired) electrons. The van der Waals surface area contributed by atoms with Gasteiger partial charge in [-0.1, -0.05) is 0 Å². The Morgan fingerprint density at radius 2 is 2.53 bits per heavy atom. The van der Waals surface area contributed by atoms with Gasteiger partial charge < -0.3 is 4.90 Å². The molecule has 0 aliphatic carbocycles. The molecule has 15 heavy (non-hydrogen) atoms. The maximum atomic E-state index is 11.7. The molecule has 0 fully saturated rings. The second kappa shape index (κ2) is 4.13. The Balaban J connectivity index is 2.03. The van der Waals surface area contributed by atoms with Crippen molar-refractivity contribution in [3.8, 4) is 0 Å². The number of carbonyl (C=O) groups is 1. The van der Waals surface area contributed by atoms with E-state index in [1.165, 1.54) is 17.4 Å². The third-order valence-corrected chi connectivity index (χ3v) is 2.26. The number of nitrogens with zero attached hydrogens (tertiary/aromatic N) is 5. The van der Waals surface area contributed by atoms with Crippen LogP contribution in [0.4, 0.5) is 0 Å². The van der Waals surface area contributed by atoms with Gasteiger partial charge in [0.05, 0.1) is 24.5 Å². The number of amides is 1. The number of aromatic nitrogens is 5. The molecule has 7 nitrogen and oxygen atoms in total. The van der Waals surface area contributed by atoms with Crippen LogP contribution >= 0.6 is 11.7 Å². The Morgan fingerprint density at radius 3 is 3.13 bits per heavy atom. The Hall–Kier alpha value is -1.83. The average molecular weight is 224 g/mol. The number of nitrogens with one attached hydrogen (secondary N) is 1. The summed E-state index contributed by atoms with van der Waals surface area (Å²) in [6.07, 6.45) is 2.85. The zero-order valence-electron chi connectivity index (χ0n) is 7.91. The number of hydrogen-bond donors (Lipinski definition) is 1. The van der Waals surface area contributed by atoms with Crippen molar-refractivity contribution in [3.63, 3.8) is 0 Å². The Morgan fingerprint density at radius 1 is 1.67 bits per heavy atom. The molecule has 78 valence electrons. The second-order valence-electron chi connectivity index (χ2n) is 2.89. The van der Waals surface area contributed by atoms with Crippen LogP contribution in [0.3, 0.4) is 0 Å². The van der Waals surface area contributed by atoms with Crippen LogP contribution in [0.1, 0.15) is 16.3 Å². The topological polar surface area (TPSA) is 87.7 Å². The van der Waals surface area contributed by atoms with Crippen molar-refractivity contribution in [1.82, 2.24) is 28.8 Å². The molecule has 0 aromatic carbocycles. The van der Waals surface area contributed by atoms with Crippen molar-refractivity contribution in [2.45, 2.75) is 6.54 Å². The number of H-pyrrole nitrogens is 1.